The molecule has 0 saturated heterocycles. The fourth-order valence-corrected chi connectivity index (χ4v) is 1.54. The highest BCUT2D eigenvalue weighted by Gasteiger charge is 2.36. The number of rotatable bonds is 4. The number of benzene rings is 1. The summed E-state index contributed by atoms with van der Waals surface area (Å²) in [5.74, 6) is -0.244. The molecule has 0 aliphatic rings. The summed E-state index contributed by atoms with van der Waals surface area (Å²) in [6, 6.07) is 2.54. The molecule has 0 amide bonds. The number of hydrogen-bond acceptors (Lipinski definition) is 3. The van der Waals surface area contributed by atoms with E-state index in [9.17, 15) is 13.2 Å². The zero-order valence-electron chi connectivity index (χ0n) is 9.60. The molecule has 0 aliphatic carbocycles. The molecular formula is C11H14F3NO2. The van der Waals surface area contributed by atoms with Crippen LogP contribution in [0.15, 0.2) is 12.1 Å². The highest BCUT2D eigenvalue weighted by Crippen LogP contribution is 2.42. The third-order valence-electron chi connectivity index (χ3n) is 2.28. The van der Waals surface area contributed by atoms with Crippen molar-refractivity contribution in [1.82, 2.24) is 0 Å². The van der Waals surface area contributed by atoms with Gasteiger partial charge < -0.3 is 15.2 Å². The van der Waals surface area contributed by atoms with Crippen molar-refractivity contribution in [2.75, 3.05) is 20.8 Å². The van der Waals surface area contributed by atoms with Crippen molar-refractivity contribution in [3.8, 4) is 11.5 Å². The quantitative estimate of drug-likeness (QED) is 0.889. The Labute approximate surface area is 97.3 Å². The molecule has 0 aliphatic heterocycles. The average molecular weight is 249 g/mol. The summed E-state index contributed by atoms with van der Waals surface area (Å²) in [4.78, 5) is 0. The maximum Gasteiger partial charge on any atom is 0.420 e. The molecule has 0 unspecified atom stereocenters. The third kappa shape index (κ3) is 3.03. The van der Waals surface area contributed by atoms with Gasteiger partial charge in [0.05, 0.1) is 14.2 Å². The summed E-state index contributed by atoms with van der Waals surface area (Å²) < 4.78 is 48.1. The molecule has 0 radical (unpaired) electrons. The summed E-state index contributed by atoms with van der Waals surface area (Å²) >= 11 is 0. The first kappa shape index (κ1) is 13.6. The third-order valence-corrected chi connectivity index (χ3v) is 2.28. The molecule has 96 valence electrons. The van der Waals surface area contributed by atoms with Crippen molar-refractivity contribution < 1.29 is 22.6 Å². The number of alkyl halides is 3. The normalized spacial score (nSPS) is 11.4. The van der Waals surface area contributed by atoms with Crippen LogP contribution in [0.2, 0.25) is 0 Å². The highest BCUT2D eigenvalue weighted by atomic mass is 19.4. The molecule has 17 heavy (non-hydrogen) atoms. The minimum absolute atomic E-state index is 0.0609. The van der Waals surface area contributed by atoms with Gasteiger partial charge >= 0.3 is 6.18 Å². The maximum atomic E-state index is 12.8. The molecule has 1 aromatic carbocycles. The second-order valence-electron chi connectivity index (χ2n) is 3.42. The smallest absolute Gasteiger partial charge is 0.420 e. The molecule has 3 nitrogen and oxygen atoms in total. The van der Waals surface area contributed by atoms with Crippen LogP contribution in [0.3, 0.4) is 0 Å². The second kappa shape index (κ2) is 5.27. The predicted octanol–water partition coefficient (Wildman–Crippen LogP) is 2.22. The first-order valence-electron chi connectivity index (χ1n) is 4.96. The summed E-state index contributed by atoms with van der Waals surface area (Å²) in [6.45, 7) is 0.271. The van der Waals surface area contributed by atoms with Crippen molar-refractivity contribution >= 4 is 0 Å². The van der Waals surface area contributed by atoms with Crippen molar-refractivity contribution in [3.05, 3.63) is 23.3 Å². The minimum atomic E-state index is -4.48. The minimum Gasteiger partial charge on any atom is -0.493 e. The van der Waals surface area contributed by atoms with Crippen LogP contribution in [0.5, 0.6) is 11.5 Å². The standard InChI is InChI=1S/C11H14F3NO2/c1-16-9-6-7(3-4-15)5-8(10(9)17-2)11(12,13)14/h5-6H,3-4,15H2,1-2H3. The van der Waals surface area contributed by atoms with E-state index in [2.05, 4.69) is 0 Å². The fraction of sp³-hybridized carbons (Fsp3) is 0.455. The van der Waals surface area contributed by atoms with E-state index < -0.39 is 11.7 Å². The number of methoxy groups -OCH3 is 2. The second-order valence-corrected chi connectivity index (χ2v) is 3.42. The van der Waals surface area contributed by atoms with E-state index in [4.69, 9.17) is 15.2 Å². The van der Waals surface area contributed by atoms with Crippen molar-refractivity contribution in [1.29, 1.82) is 0 Å². The number of ether oxygens (including phenoxy) is 2. The molecule has 1 aromatic rings. The molecule has 0 aromatic heterocycles. The first-order valence-corrected chi connectivity index (χ1v) is 4.96. The van der Waals surface area contributed by atoms with Crippen LogP contribution in [-0.2, 0) is 12.6 Å². The van der Waals surface area contributed by atoms with Crippen molar-refractivity contribution in [2.24, 2.45) is 5.73 Å². The van der Waals surface area contributed by atoms with Crippen LogP contribution < -0.4 is 15.2 Å². The van der Waals surface area contributed by atoms with Gasteiger partial charge in [0.1, 0.15) is 5.56 Å². The fourth-order valence-electron chi connectivity index (χ4n) is 1.54. The summed E-state index contributed by atoms with van der Waals surface area (Å²) in [6.07, 6.45) is -4.13. The molecule has 0 bridgehead atoms. The lowest BCUT2D eigenvalue weighted by Crippen LogP contribution is -2.11. The Morgan fingerprint density at radius 1 is 1.18 bits per heavy atom. The SMILES string of the molecule is COc1cc(CCN)cc(C(F)(F)F)c1OC. The average Bonchev–Trinajstić information content (AvgIpc) is 2.27. The number of nitrogens with two attached hydrogens (primary N) is 1. The monoisotopic (exact) mass is 249 g/mol. The summed E-state index contributed by atoms with van der Waals surface area (Å²) in [5, 5.41) is 0. The van der Waals surface area contributed by atoms with Gasteiger partial charge in [0.2, 0.25) is 0 Å². The lowest BCUT2D eigenvalue weighted by atomic mass is 10.1. The van der Waals surface area contributed by atoms with Crippen LogP contribution in [0.25, 0.3) is 0 Å². The van der Waals surface area contributed by atoms with Gasteiger partial charge in [-0.1, -0.05) is 0 Å². The largest absolute Gasteiger partial charge is 0.493 e. The summed E-state index contributed by atoms with van der Waals surface area (Å²) in [5.41, 5.74) is 4.95. The highest BCUT2D eigenvalue weighted by molar-refractivity contribution is 5.50. The first-order chi connectivity index (χ1) is 7.93. The van der Waals surface area contributed by atoms with Gasteiger partial charge in [-0.2, -0.15) is 13.2 Å². The number of halogens is 3. The Kier molecular flexibility index (Phi) is 4.22. The van der Waals surface area contributed by atoms with Crippen LogP contribution in [0, 0.1) is 0 Å². The van der Waals surface area contributed by atoms with Crippen LogP contribution in [0.4, 0.5) is 13.2 Å². The van der Waals surface area contributed by atoms with E-state index in [1.54, 1.807) is 0 Å². The van der Waals surface area contributed by atoms with Gasteiger partial charge in [0.15, 0.2) is 11.5 Å². The van der Waals surface area contributed by atoms with Crippen molar-refractivity contribution in [2.45, 2.75) is 12.6 Å². The maximum absolute atomic E-state index is 12.8. The van der Waals surface area contributed by atoms with E-state index >= 15 is 0 Å². The van der Waals surface area contributed by atoms with Gasteiger partial charge in [-0.15, -0.1) is 0 Å². The van der Waals surface area contributed by atoms with Crippen LogP contribution >= 0.6 is 0 Å². The van der Waals surface area contributed by atoms with Crippen LogP contribution in [-0.4, -0.2) is 20.8 Å². The Morgan fingerprint density at radius 2 is 1.82 bits per heavy atom. The molecular weight excluding hydrogens is 235 g/mol. The van der Waals surface area contributed by atoms with E-state index in [1.807, 2.05) is 0 Å². The molecule has 2 N–H and O–H groups in total. The van der Waals surface area contributed by atoms with Gasteiger partial charge in [-0.05, 0) is 30.7 Å². The zero-order valence-corrected chi connectivity index (χ0v) is 9.60. The van der Waals surface area contributed by atoms with Gasteiger partial charge in [-0.25, -0.2) is 0 Å². The van der Waals surface area contributed by atoms with Crippen molar-refractivity contribution in [3.63, 3.8) is 0 Å². The van der Waals surface area contributed by atoms with E-state index in [-0.39, 0.29) is 18.0 Å². The lowest BCUT2D eigenvalue weighted by molar-refractivity contribution is -0.138. The topological polar surface area (TPSA) is 44.5 Å². The molecule has 0 atom stereocenters. The van der Waals surface area contributed by atoms with E-state index in [0.717, 1.165) is 6.07 Å². The Balaban J connectivity index is 3.37. The molecule has 0 heterocycles. The zero-order chi connectivity index (χ0) is 13.1. The van der Waals surface area contributed by atoms with E-state index in [0.29, 0.717) is 12.0 Å². The van der Waals surface area contributed by atoms with Gasteiger partial charge in [0.25, 0.3) is 0 Å². The Morgan fingerprint density at radius 3 is 2.24 bits per heavy atom. The Hall–Kier alpha value is -1.43. The molecule has 0 fully saturated rings. The van der Waals surface area contributed by atoms with Crippen LogP contribution in [0.1, 0.15) is 11.1 Å². The van der Waals surface area contributed by atoms with E-state index in [1.165, 1.54) is 20.3 Å². The summed E-state index contributed by atoms with van der Waals surface area (Å²) in [7, 11) is 2.47. The molecule has 6 heteroatoms. The molecule has 1 rings (SSSR count). The van der Waals surface area contributed by atoms with Gasteiger partial charge in [0, 0.05) is 0 Å². The Bertz CT molecular complexity index is 391. The lowest BCUT2D eigenvalue weighted by Gasteiger charge is -2.16. The molecule has 0 spiro atoms. The van der Waals surface area contributed by atoms with Gasteiger partial charge in [-0.3, -0.25) is 0 Å². The predicted molar refractivity (Wildman–Crippen MR) is 57.3 cm³/mol. The number of hydrogen-bond donors (Lipinski definition) is 1. The molecule has 0 saturated carbocycles.